The van der Waals surface area contributed by atoms with E-state index in [1.807, 2.05) is 0 Å². The lowest BCUT2D eigenvalue weighted by molar-refractivity contribution is 0.274. The second-order valence-corrected chi connectivity index (χ2v) is 5.34. The van der Waals surface area contributed by atoms with Crippen molar-refractivity contribution in [1.29, 1.82) is 0 Å². The van der Waals surface area contributed by atoms with Crippen molar-refractivity contribution in [1.82, 2.24) is 5.32 Å². The largest absolute Gasteiger partial charge is 0.329 e. The van der Waals surface area contributed by atoms with Gasteiger partial charge in [0, 0.05) is 12.1 Å². The fraction of sp³-hybridized carbons (Fsp3) is 1.00. The molecule has 82 valence electrons. The monoisotopic (exact) mass is 196 g/mol. The Labute approximate surface area is 87.6 Å². The Kier molecular flexibility index (Phi) is 2.85. The first-order chi connectivity index (χ1) is 6.72. The van der Waals surface area contributed by atoms with Crippen LogP contribution in [0.3, 0.4) is 0 Å². The van der Waals surface area contributed by atoms with Crippen LogP contribution in [-0.4, -0.2) is 18.6 Å². The molecule has 3 unspecified atom stereocenters. The standard InChI is InChI=1S/C12H24N2/c1-3-12(8-13,11-4-5-11)14-7-10-6-9(10)2/h9-11,14H,3-8,13H2,1-2H3. The SMILES string of the molecule is CCC(CN)(NCC1CC1C)C1CC1. The van der Waals surface area contributed by atoms with E-state index in [2.05, 4.69) is 19.2 Å². The molecule has 0 amide bonds. The molecule has 2 aliphatic rings. The van der Waals surface area contributed by atoms with Gasteiger partial charge in [0.25, 0.3) is 0 Å². The van der Waals surface area contributed by atoms with Crippen molar-refractivity contribution in [3.8, 4) is 0 Å². The summed E-state index contributed by atoms with van der Waals surface area (Å²) in [6, 6.07) is 0. The highest BCUT2D eigenvalue weighted by atomic mass is 15.0. The van der Waals surface area contributed by atoms with Crippen molar-refractivity contribution < 1.29 is 0 Å². The summed E-state index contributed by atoms with van der Waals surface area (Å²) in [4.78, 5) is 0. The van der Waals surface area contributed by atoms with Gasteiger partial charge < -0.3 is 11.1 Å². The maximum absolute atomic E-state index is 5.94. The second kappa shape index (κ2) is 3.82. The van der Waals surface area contributed by atoms with E-state index in [0.717, 1.165) is 24.3 Å². The third-order valence-electron chi connectivity index (χ3n) is 4.35. The zero-order valence-electron chi connectivity index (χ0n) is 9.55. The minimum Gasteiger partial charge on any atom is -0.329 e. The number of nitrogens with two attached hydrogens (primary N) is 1. The second-order valence-electron chi connectivity index (χ2n) is 5.34. The van der Waals surface area contributed by atoms with E-state index in [0.29, 0.717) is 0 Å². The highest BCUT2D eigenvalue weighted by Crippen LogP contribution is 2.42. The zero-order chi connectivity index (χ0) is 10.2. The lowest BCUT2D eigenvalue weighted by Gasteiger charge is -2.33. The minimum absolute atomic E-state index is 0.280. The summed E-state index contributed by atoms with van der Waals surface area (Å²) in [7, 11) is 0. The predicted molar refractivity (Wildman–Crippen MR) is 60.1 cm³/mol. The van der Waals surface area contributed by atoms with Crippen LogP contribution in [0.4, 0.5) is 0 Å². The molecule has 0 saturated heterocycles. The topological polar surface area (TPSA) is 38.0 Å². The number of hydrogen-bond acceptors (Lipinski definition) is 2. The average molecular weight is 196 g/mol. The van der Waals surface area contributed by atoms with Gasteiger partial charge in [0.15, 0.2) is 0 Å². The van der Waals surface area contributed by atoms with Gasteiger partial charge in [0.1, 0.15) is 0 Å². The molecule has 2 rings (SSSR count). The average Bonchev–Trinajstić information content (AvgIpc) is 3.06. The van der Waals surface area contributed by atoms with Crippen molar-refractivity contribution in [2.45, 2.75) is 45.1 Å². The molecular formula is C12H24N2. The van der Waals surface area contributed by atoms with E-state index in [1.54, 1.807) is 0 Å². The molecule has 2 aliphatic carbocycles. The summed E-state index contributed by atoms with van der Waals surface area (Å²) in [6.45, 7) is 6.63. The highest BCUT2D eigenvalue weighted by Gasteiger charge is 2.44. The molecule has 0 aliphatic heterocycles. The Hall–Kier alpha value is -0.0800. The molecule has 0 aromatic heterocycles. The lowest BCUT2D eigenvalue weighted by atomic mass is 9.90. The van der Waals surface area contributed by atoms with Crippen LogP contribution in [0.2, 0.25) is 0 Å². The van der Waals surface area contributed by atoms with Gasteiger partial charge in [-0.05, 0) is 50.0 Å². The number of hydrogen-bond donors (Lipinski definition) is 2. The molecule has 0 radical (unpaired) electrons. The van der Waals surface area contributed by atoms with Crippen LogP contribution in [0.1, 0.15) is 39.5 Å². The summed E-state index contributed by atoms with van der Waals surface area (Å²) in [5, 5.41) is 3.76. The van der Waals surface area contributed by atoms with Gasteiger partial charge >= 0.3 is 0 Å². The van der Waals surface area contributed by atoms with Gasteiger partial charge in [-0.1, -0.05) is 13.8 Å². The van der Waals surface area contributed by atoms with Crippen LogP contribution in [0.15, 0.2) is 0 Å². The number of rotatable bonds is 6. The van der Waals surface area contributed by atoms with E-state index in [4.69, 9.17) is 5.73 Å². The fourth-order valence-electron chi connectivity index (χ4n) is 2.59. The van der Waals surface area contributed by atoms with Crippen LogP contribution in [0, 0.1) is 17.8 Å². The van der Waals surface area contributed by atoms with E-state index in [1.165, 1.54) is 32.2 Å². The zero-order valence-corrected chi connectivity index (χ0v) is 9.55. The van der Waals surface area contributed by atoms with Crippen molar-refractivity contribution in [3.63, 3.8) is 0 Å². The van der Waals surface area contributed by atoms with E-state index >= 15 is 0 Å². The molecular weight excluding hydrogens is 172 g/mol. The fourth-order valence-corrected chi connectivity index (χ4v) is 2.59. The third-order valence-corrected chi connectivity index (χ3v) is 4.35. The molecule has 0 heterocycles. The quantitative estimate of drug-likeness (QED) is 0.679. The summed E-state index contributed by atoms with van der Waals surface area (Å²) in [6.07, 6.45) is 5.38. The minimum atomic E-state index is 0.280. The van der Waals surface area contributed by atoms with E-state index in [-0.39, 0.29) is 5.54 Å². The maximum Gasteiger partial charge on any atom is 0.0329 e. The normalized spacial score (nSPS) is 35.4. The van der Waals surface area contributed by atoms with E-state index in [9.17, 15) is 0 Å². The predicted octanol–water partition coefficient (Wildman–Crippen LogP) is 1.75. The smallest absolute Gasteiger partial charge is 0.0329 e. The molecule has 0 spiro atoms. The summed E-state index contributed by atoms with van der Waals surface area (Å²) < 4.78 is 0. The van der Waals surface area contributed by atoms with Crippen molar-refractivity contribution >= 4 is 0 Å². The number of nitrogens with one attached hydrogen (secondary N) is 1. The molecule has 2 saturated carbocycles. The molecule has 2 nitrogen and oxygen atoms in total. The van der Waals surface area contributed by atoms with Crippen LogP contribution in [0.25, 0.3) is 0 Å². The van der Waals surface area contributed by atoms with Crippen molar-refractivity contribution in [2.24, 2.45) is 23.5 Å². The lowest BCUT2D eigenvalue weighted by Crippen LogP contribution is -2.53. The molecule has 3 atom stereocenters. The van der Waals surface area contributed by atoms with Gasteiger partial charge in [-0.15, -0.1) is 0 Å². The van der Waals surface area contributed by atoms with Crippen LogP contribution in [-0.2, 0) is 0 Å². The molecule has 2 heteroatoms. The Morgan fingerprint density at radius 3 is 2.43 bits per heavy atom. The molecule has 0 bridgehead atoms. The molecule has 0 aromatic rings. The summed E-state index contributed by atoms with van der Waals surface area (Å²) in [5.41, 5.74) is 6.22. The van der Waals surface area contributed by atoms with Crippen LogP contribution >= 0.6 is 0 Å². The van der Waals surface area contributed by atoms with Crippen LogP contribution in [0.5, 0.6) is 0 Å². The third kappa shape index (κ3) is 1.96. The van der Waals surface area contributed by atoms with Gasteiger partial charge in [-0.3, -0.25) is 0 Å². The molecule has 0 aromatic carbocycles. The van der Waals surface area contributed by atoms with Crippen molar-refractivity contribution in [3.05, 3.63) is 0 Å². The van der Waals surface area contributed by atoms with Crippen LogP contribution < -0.4 is 11.1 Å². The first-order valence-corrected chi connectivity index (χ1v) is 6.17. The van der Waals surface area contributed by atoms with Crippen molar-refractivity contribution in [2.75, 3.05) is 13.1 Å². The Morgan fingerprint density at radius 1 is 1.43 bits per heavy atom. The molecule has 3 N–H and O–H groups in total. The maximum atomic E-state index is 5.94. The Bertz CT molecular complexity index is 194. The Balaban J connectivity index is 1.83. The first-order valence-electron chi connectivity index (χ1n) is 6.17. The van der Waals surface area contributed by atoms with Gasteiger partial charge in [-0.2, -0.15) is 0 Å². The summed E-state index contributed by atoms with van der Waals surface area (Å²) >= 11 is 0. The van der Waals surface area contributed by atoms with Gasteiger partial charge in [-0.25, -0.2) is 0 Å². The van der Waals surface area contributed by atoms with Gasteiger partial charge in [0.2, 0.25) is 0 Å². The molecule has 14 heavy (non-hydrogen) atoms. The van der Waals surface area contributed by atoms with Gasteiger partial charge in [0.05, 0.1) is 0 Å². The highest BCUT2D eigenvalue weighted by molar-refractivity contribution is 5.02. The summed E-state index contributed by atoms with van der Waals surface area (Å²) in [5.74, 6) is 2.76. The van der Waals surface area contributed by atoms with E-state index < -0.39 is 0 Å². The molecule has 2 fully saturated rings. The first kappa shape index (κ1) is 10.4. The Morgan fingerprint density at radius 2 is 2.07 bits per heavy atom.